The Labute approximate surface area is 160 Å². The molecule has 1 N–H and O–H groups in total. The van der Waals surface area contributed by atoms with Gasteiger partial charge in [0.25, 0.3) is 5.91 Å². The van der Waals surface area contributed by atoms with Gasteiger partial charge in [0.2, 0.25) is 0 Å². The minimum atomic E-state index is -1.03. The fourth-order valence-corrected chi connectivity index (χ4v) is 3.54. The third-order valence-corrected chi connectivity index (χ3v) is 5.05. The summed E-state index contributed by atoms with van der Waals surface area (Å²) in [6, 6.07) is 11.2. The molecule has 4 rings (SSSR count). The van der Waals surface area contributed by atoms with Gasteiger partial charge in [0.1, 0.15) is 5.82 Å². The molecule has 1 fully saturated rings. The normalized spacial score (nSPS) is 17.0. The van der Waals surface area contributed by atoms with Crippen LogP contribution in [0.2, 0.25) is 0 Å². The Hall–Kier alpha value is -3.09. The minimum absolute atomic E-state index is 0.0599. The van der Waals surface area contributed by atoms with Gasteiger partial charge in [0.05, 0.1) is 5.69 Å². The van der Waals surface area contributed by atoms with E-state index < -0.39 is 11.6 Å². The summed E-state index contributed by atoms with van der Waals surface area (Å²) in [4.78, 5) is 14.3. The maximum Gasteiger partial charge on any atom is 0.253 e. The van der Waals surface area contributed by atoms with Gasteiger partial charge >= 0.3 is 0 Å². The second-order valence-electron chi connectivity index (χ2n) is 6.93. The molecule has 1 aromatic heterocycles. The number of hydrogen-bond acceptors (Lipinski definition) is 2. The molecule has 0 bridgehead atoms. The van der Waals surface area contributed by atoms with Crippen molar-refractivity contribution >= 4 is 5.91 Å². The molecule has 2 aromatic carbocycles. The number of aromatic nitrogens is 2. The van der Waals surface area contributed by atoms with Gasteiger partial charge in [-0.1, -0.05) is 0 Å². The molecule has 0 unspecified atom stereocenters. The third kappa shape index (κ3) is 3.65. The van der Waals surface area contributed by atoms with Crippen LogP contribution in [0.15, 0.2) is 48.5 Å². The van der Waals surface area contributed by atoms with E-state index in [1.807, 2.05) is 6.07 Å². The number of aromatic amines is 1. The monoisotopic (exact) mass is 385 g/mol. The molecule has 1 saturated heterocycles. The van der Waals surface area contributed by atoms with Gasteiger partial charge in [0.15, 0.2) is 11.6 Å². The molecule has 0 radical (unpaired) electrons. The molecular formula is C21H18F3N3O. The number of hydrogen-bond donors (Lipinski definition) is 1. The number of carbonyl (C=O) groups excluding carboxylic acids is 1. The summed E-state index contributed by atoms with van der Waals surface area (Å²) in [5.74, 6) is -2.57. The van der Waals surface area contributed by atoms with Crippen molar-refractivity contribution in [2.75, 3.05) is 13.1 Å². The highest BCUT2D eigenvalue weighted by Crippen LogP contribution is 2.29. The Balaban J connectivity index is 1.50. The molecule has 1 aliphatic heterocycles. The van der Waals surface area contributed by atoms with Crippen LogP contribution in [0, 0.1) is 17.5 Å². The van der Waals surface area contributed by atoms with E-state index >= 15 is 0 Å². The van der Waals surface area contributed by atoms with Gasteiger partial charge in [0, 0.05) is 35.8 Å². The summed E-state index contributed by atoms with van der Waals surface area (Å²) >= 11 is 0. The second-order valence-corrected chi connectivity index (χ2v) is 6.93. The van der Waals surface area contributed by atoms with E-state index in [9.17, 15) is 18.0 Å². The second kappa shape index (κ2) is 7.50. The Morgan fingerprint density at radius 2 is 1.82 bits per heavy atom. The first-order valence-corrected chi connectivity index (χ1v) is 9.07. The molecule has 4 nitrogen and oxygen atoms in total. The number of nitrogens with zero attached hydrogens (tertiary/aromatic N) is 2. The van der Waals surface area contributed by atoms with Crippen LogP contribution in [-0.4, -0.2) is 34.1 Å². The number of rotatable bonds is 3. The maximum atomic E-state index is 13.5. The first-order valence-electron chi connectivity index (χ1n) is 9.07. The quantitative estimate of drug-likeness (QED) is 0.721. The predicted octanol–water partition coefficient (Wildman–Crippen LogP) is 4.51. The first kappa shape index (κ1) is 18.3. The molecule has 1 atom stereocenters. The zero-order valence-corrected chi connectivity index (χ0v) is 15.0. The number of H-pyrrole nitrogens is 1. The van der Waals surface area contributed by atoms with Crippen molar-refractivity contribution in [3.63, 3.8) is 0 Å². The number of nitrogens with one attached hydrogen (secondary N) is 1. The largest absolute Gasteiger partial charge is 0.338 e. The standard InChI is InChI=1S/C21H18F3N3O/c22-16-6-3-13(4-7-16)19-11-20(26-25-19)15-2-1-9-27(12-15)21(28)14-5-8-17(23)18(24)10-14/h3-8,10-11,15H,1-2,9,12H2,(H,25,26)/t15-/m0/s1. The van der Waals surface area contributed by atoms with E-state index in [1.54, 1.807) is 17.0 Å². The van der Waals surface area contributed by atoms with E-state index in [4.69, 9.17) is 0 Å². The Kier molecular flexibility index (Phi) is 4.90. The number of likely N-dealkylation sites (tertiary alicyclic amines) is 1. The molecule has 28 heavy (non-hydrogen) atoms. The SMILES string of the molecule is O=C(c1ccc(F)c(F)c1)N1CCC[C@H](c2cc(-c3ccc(F)cc3)n[nH]2)C1. The smallest absolute Gasteiger partial charge is 0.253 e. The Morgan fingerprint density at radius 1 is 1.04 bits per heavy atom. The third-order valence-electron chi connectivity index (χ3n) is 5.05. The van der Waals surface area contributed by atoms with Crippen LogP contribution in [-0.2, 0) is 0 Å². The summed E-state index contributed by atoms with van der Waals surface area (Å²) < 4.78 is 39.7. The molecule has 1 aliphatic rings. The van der Waals surface area contributed by atoms with Crippen molar-refractivity contribution in [3.05, 3.63) is 77.2 Å². The van der Waals surface area contributed by atoms with Crippen molar-refractivity contribution in [1.29, 1.82) is 0 Å². The van der Waals surface area contributed by atoms with Crippen molar-refractivity contribution < 1.29 is 18.0 Å². The maximum absolute atomic E-state index is 13.5. The fraction of sp³-hybridized carbons (Fsp3) is 0.238. The molecule has 3 aromatic rings. The molecule has 1 amide bonds. The molecular weight excluding hydrogens is 367 g/mol. The molecule has 0 spiro atoms. The first-order chi connectivity index (χ1) is 13.5. The van der Waals surface area contributed by atoms with Gasteiger partial charge in [-0.05, 0) is 61.4 Å². The van der Waals surface area contributed by atoms with Crippen molar-refractivity contribution in [2.24, 2.45) is 0 Å². The van der Waals surface area contributed by atoms with Crippen molar-refractivity contribution in [1.82, 2.24) is 15.1 Å². The van der Waals surface area contributed by atoms with Crippen molar-refractivity contribution in [3.8, 4) is 11.3 Å². The summed E-state index contributed by atoms with van der Waals surface area (Å²) in [5.41, 5.74) is 2.53. The summed E-state index contributed by atoms with van der Waals surface area (Å²) in [5, 5.41) is 7.31. The lowest BCUT2D eigenvalue weighted by Gasteiger charge is -2.32. The van der Waals surface area contributed by atoms with Gasteiger partial charge in [-0.15, -0.1) is 0 Å². The number of carbonyl (C=O) groups is 1. The van der Waals surface area contributed by atoms with Crippen LogP contribution < -0.4 is 0 Å². The average Bonchev–Trinajstić information content (AvgIpc) is 3.20. The lowest BCUT2D eigenvalue weighted by Crippen LogP contribution is -2.39. The van der Waals surface area contributed by atoms with Crippen LogP contribution in [0.4, 0.5) is 13.2 Å². The lowest BCUT2D eigenvalue weighted by atomic mass is 9.94. The highest BCUT2D eigenvalue weighted by molar-refractivity contribution is 5.94. The van der Waals surface area contributed by atoms with Gasteiger partial charge in [-0.3, -0.25) is 9.89 Å². The van der Waals surface area contributed by atoms with E-state index in [0.717, 1.165) is 36.2 Å². The van der Waals surface area contributed by atoms with Crippen LogP contribution in [0.5, 0.6) is 0 Å². The number of amides is 1. The number of benzene rings is 2. The zero-order valence-electron chi connectivity index (χ0n) is 15.0. The van der Waals surface area contributed by atoms with Crippen LogP contribution >= 0.6 is 0 Å². The average molecular weight is 385 g/mol. The van der Waals surface area contributed by atoms with Crippen molar-refractivity contribution in [2.45, 2.75) is 18.8 Å². The highest BCUT2D eigenvalue weighted by atomic mass is 19.2. The Bertz CT molecular complexity index is 1000. The topological polar surface area (TPSA) is 49.0 Å². The zero-order chi connectivity index (χ0) is 19.7. The van der Waals surface area contributed by atoms with E-state index in [1.165, 1.54) is 18.2 Å². The highest BCUT2D eigenvalue weighted by Gasteiger charge is 2.27. The molecule has 0 aliphatic carbocycles. The minimum Gasteiger partial charge on any atom is -0.338 e. The fourth-order valence-electron chi connectivity index (χ4n) is 3.54. The molecule has 0 saturated carbocycles. The van der Waals surface area contributed by atoms with Gasteiger partial charge in [-0.25, -0.2) is 13.2 Å². The lowest BCUT2D eigenvalue weighted by molar-refractivity contribution is 0.0705. The Morgan fingerprint density at radius 3 is 2.57 bits per heavy atom. The summed E-state index contributed by atoms with van der Waals surface area (Å²) in [7, 11) is 0. The van der Waals surface area contributed by atoms with Crippen LogP contribution in [0.3, 0.4) is 0 Å². The summed E-state index contributed by atoms with van der Waals surface area (Å²) in [6.45, 7) is 1.02. The molecule has 2 heterocycles. The predicted molar refractivity (Wildman–Crippen MR) is 98.2 cm³/mol. The number of piperidine rings is 1. The van der Waals surface area contributed by atoms with Crippen LogP contribution in [0.1, 0.15) is 34.8 Å². The molecule has 7 heteroatoms. The van der Waals surface area contributed by atoms with Crippen LogP contribution in [0.25, 0.3) is 11.3 Å². The number of halogens is 3. The van der Waals surface area contributed by atoms with E-state index in [-0.39, 0.29) is 23.2 Å². The molecule has 144 valence electrons. The van der Waals surface area contributed by atoms with E-state index in [0.29, 0.717) is 18.8 Å². The van der Waals surface area contributed by atoms with E-state index in [2.05, 4.69) is 10.2 Å². The van der Waals surface area contributed by atoms with Gasteiger partial charge < -0.3 is 4.90 Å². The van der Waals surface area contributed by atoms with Gasteiger partial charge in [-0.2, -0.15) is 5.10 Å². The summed E-state index contributed by atoms with van der Waals surface area (Å²) in [6.07, 6.45) is 1.68.